The molecule has 7 nitrogen and oxygen atoms in total. The fourth-order valence-electron chi connectivity index (χ4n) is 3.56. The standard InChI is InChI=1S/C25H20ClN5O2S/c1-16-5-4-6-18(13-16)24-29-31-22(27)19(23(32)28-25(31)34-24)14-17-9-10-30(15-17)11-12-33-21-8-3-2-7-20(21)26/h2-10,13-15,27H,11-12H2,1H3/b19-14+,27-22?. The summed E-state index contributed by atoms with van der Waals surface area (Å²) in [5, 5.41) is 16.2. The molecule has 34 heavy (non-hydrogen) atoms. The van der Waals surface area contributed by atoms with Gasteiger partial charge in [-0.2, -0.15) is 15.1 Å². The number of halogens is 1. The average molecular weight is 490 g/mol. The molecule has 0 unspecified atom stereocenters. The Balaban J connectivity index is 1.29. The van der Waals surface area contributed by atoms with Crippen molar-refractivity contribution in [2.24, 2.45) is 10.1 Å². The molecule has 9 heteroatoms. The van der Waals surface area contributed by atoms with Crippen molar-refractivity contribution in [3.63, 3.8) is 0 Å². The molecule has 3 aromatic rings. The number of hydrogen-bond acceptors (Lipinski definition) is 5. The summed E-state index contributed by atoms with van der Waals surface area (Å²) in [6.45, 7) is 3.06. The van der Waals surface area contributed by atoms with Crippen LogP contribution in [0.1, 0.15) is 16.7 Å². The van der Waals surface area contributed by atoms with Crippen LogP contribution in [0.5, 0.6) is 5.75 Å². The van der Waals surface area contributed by atoms with Crippen molar-refractivity contribution in [3.8, 4) is 5.75 Å². The van der Waals surface area contributed by atoms with Crippen molar-refractivity contribution in [2.75, 3.05) is 6.61 Å². The van der Waals surface area contributed by atoms with E-state index in [0.29, 0.717) is 34.1 Å². The maximum absolute atomic E-state index is 12.7. The van der Waals surface area contributed by atoms with Gasteiger partial charge in [-0.15, -0.1) is 0 Å². The highest BCUT2D eigenvalue weighted by molar-refractivity contribution is 8.27. The number of aryl methyl sites for hydroxylation is 1. The van der Waals surface area contributed by atoms with Crippen molar-refractivity contribution in [2.45, 2.75) is 13.5 Å². The lowest BCUT2D eigenvalue weighted by Crippen LogP contribution is -2.35. The van der Waals surface area contributed by atoms with Gasteiger partial charge in [0.25, 0.3) is 5.91 Å². The molecule has 2 aliphatic heterocycles. The van der Waals surface area contributed by atoms with E-state index in [-0.39, 0.29) is 11.4 Å². The molecule has 2 aromatic carbocycles. The van der Waals surface area contributed by atoms with Crippen molar-refractivity contribution in [1.82, 2.24) is 9.58 Å². The van der Waals surface area contributed by atoms with Crippen LogP contribution in [0, 0.1) is 12.3 Å². The third-order valence-corrected chi connectivity index (χ3v) is 6.52. The Morgan fingerprint density at radius 3 is 2.85 bits per heavy atom. The molecule has 1 amide bonds. The molecule has 1 aromatic heterocycles. The topological polar surface area (TPSA) is 83.0 Å². The number of carbonyl (C=O) groups excluding carboxylic acids is 1. The first-order chi connectivity index (χ1) is 16.5. The summed E-state index contributed by atoms with van der Waals surface area (Å²) in [7, 11) is 0. The number of hydrogen-bond donors (Lipinski definition) is 1. The summed E-state index contributed by atoms with van der Waals surface area (Å²) in [6.07, 6.45) is 5.46. The number of thioether (sulfide) groups is 1. The van der Waals surface area contributed by atoms with Crippen molar-refractivity contribution >= 4 is 51.4 Å². The van der Waals surface area contributed by atoms with Gasteiger partial charge in [0.2, 0.25) is 5.17 Å². The van der Waals surface area contributed by atoms with E-state index in [9.17, 15) is 4.79 Å². The van der Waals surface area contributed by atoms with Gasteiger partial charge in [-0.1, -0.05) is 47.5 Å². The first-order valence-electron chi connectivity index (χ1n) is 10.6. The van der Waals surface area contributed by atoms with Gasteiger partial charge in [-0.05, 0) is 54.6 Å². The summed E-state index contributed by atoms with van der Waals surface area (Å²) >= 11 is 7.41. The van der Waals surface area contributed by atoms with Gasteiger partial charge in [0.05, 0.1) is 17.1 Å². The van der Waals surface area contributed by atoms with E-state index in [2.05, 4.69) is 10.1 Å². The second-order valence-electron chi connectivity index (χ2n) is 7.76. The maximum Gasteiger partial charge on any atom is 0.283 e. The minimum absolute atomic E-state index is 0.0138. The number of aliphatic imine (C=N–C) groups is 1. The Kier molecular flexibility index (Phi) is 6.08. The van der Waals surface area contributed by atoms with E-state index in [1.165, 1.54) is 16.8 Å². The minimum Gasteiger partial charge on any atom is -0.490 e. The van der Waals surface area contributed by atoms with Gasteiger partial charge >= 0.3 is 0 Å². The summed E-state index contributed by atoms with van der Waals surface area (Å²) in [4.78, 5) is 16.9. The van der Waals surface area contributed by atoms with Crippen LogP contribution in [0.4, 0.5) is 0 Å². The van der Waals surface area contributed by atoms with Crippen molar-refractivity contribution in [3.05, 3.63) is 94.3 Å². The predicted molar refractivity (Wildman–Crippen MR) is 137 cm³/mol. The summed E-state index contributed by atoms with van der Waals surface area (Å²) in [6, 6.07) is 17.2. The number of para-hydroxylation sites is 1. The van der Waals surface area contributed by atoms with Gasteiger partial charge < -0.3 is 9.30 Å². The van der Waals surface area contributed by atoms with Crippen LogP contribution in [0.15, 0.2) is 82.7 Å². The first kappa shape index (κ1) is 22.2. The van der Waals surface area contributed by atoms with Gasteiger partial charge in [-0.25, -0.2) is 0 Å². The molecule has 3 heterocycles. The van der Waals surface area contributed by atoms with Crippen molar-refractivity contribution < 1.29 is 9.53 Å². The minimum atomic E-state index is -0.445. The first-order valence-corrected chi connectivity index (χ1v) is 11.8. The Morgan fingerprint density at radius 2 is 2.03 bits per heavy atom. The number of carbonyl (C=O) groups is 1. The molecule has 0 atom stereocenters. The summed E-state index contributed by atoms with van der Waals surface area (Å²) in [5.74, 6) is 0.210. The third kappa shape index (κ3) is 4.55. The number of benzene rings is 2. The number of nitrogens with one attached hydrogen (secondary N) is 1. The smallest absolute Gasteiger partial charge is 0.283 e. The van der Waals surface area contributed by atoms with E-state index in [4.69, 9.17) is 21.7 Å². The number of rotatable bonds is 6. The summed E-state index contributed by atoms with van der Waals surface area (Å²) in [5.41, 5.74) is 3.04. The molecule has 5 rings (SSSR count). The van der Waals surface area contributed by atoms with E-state index in [1.807, 2.05) is 72.4 Å². The number of hydrazone groups is 1. The second kappa shape index (κ2) is 9.32. The molecule has 0 aliphatic carbocycles. The monoisotopic (exact) mass is 489 g/mol. The Labute approximate surface area is 205 Å². The molecule has 2 aliphatic rings. The molecule has 0 saturated carbocycles. The molecule has 1 N–H and O–H groups in total. The number of amidine groups is 2. The van der Waals surface area contributed by atoms with Crippen LogP contribution < -0.4 is 4.74 Å². The molecule has 0 saturated heterocycles. The highest BCUT2D eigenvalue weighted by Gasteiger charge is 2.36. The second-order valence-corrected chi connectivity index (χ2v) is 9.12. The molecular formula is C25H20ClN5O2S. The van der Waals surface area contributed by atoms with Crippen LogP contribution in [0.25, 0.3) is 6.08 Å². The van der Waals surface area contributed by atoms with Crippen LogP contribution in [-0.4, -0.2) is 38.1 Å². The van der Waals surface area contributed by atoms with Crippen LogP contribution >= 0.6 is 23.4 Å². The van der Waals surface area contributed by atoms with Crippen molar-refractivity contribution in [1.29, 1.82) is 5.41 Å². The van der Waals surface area contributed by atoms with E-state index >= 15 is 0 Å². The fraction of sp³-hybridized carbons (Fsp3) is 0.120. The van der Waals surface area contributed by atoms with E-state index in [0.717, 1.165) is 16.7 Å². The van der Waals surface area contributed by atoms with Gasteiger partial charge in [0, 0.05) is 18.0 Å². The molecular weight excluding hydrogens is 470 g/mol. The highest BCUT2D eigenvalue weighted by atomic mass is 35.5. The average Bonchev–Trinajstić information content (AvgIpc) is 3.45. The normalized spacial score (nSPS) is 16.5. The highest BCUT2D eigenvalue weighted by Crippen LogP contribution is 2.31. The summed E-state index contributed by atoms with van der Waals surface area (Å²) < 4.78 is 7.69. The number of amides is 1. The lowest BCUT2D eigenvalue weighted by molar-refractivity contribution is -0.114. The lowest BCUT2D eigenvalue weighted by atomic mass is 10.1. The zero-order valence-electron chi connectivity index (χ0n) is 18.2. The lowest BCUT2D eigenvalue weighted by Gasteiger charge is -2.20. The molecule has 0 spiro atoms. The molecule has 0 radical (unpaired) electrons. The van der Waals surface area contributed by atoms with Gasteiger partial charge in [-0.3, -0.25) is 10.2 Å². The van der Waals surface area contributed by atoms with Gasteiger partial charge in [0.15, 0.2) is 5.84 Å². The quantitative estimate of drug-likeness (QED) is 0.482. The number of aromatic nitrogens is 1. The largest absolute Gasteiger partial charge is 0.490 e. The zero-order valence-corrected chi connectivity index (χ0v) is 19.8. The maximum atomic E-state index is 12.7. The van der Waals surface area contributed by atoms with Crippen LogP contribution in [-0.2, 0) is 11.3 Å². The number of fused-ring (bicyclic) bond motifs is 1. The number of nitrogens with zero attached hydrogens (tertiary/aromatic N) is 4. The van der Waals surface area contributed by atoms with E-state index < -0.39 is 5.91 Å². The molecule has 0 bridgehead atoms. The molecule has 170 valence electrons. The number of ether oxygens (including phenoxy) is 1. The Hall–Kier alpha value is -3.62. The van der Waals surface area contributed by atoms with E-state index in [1.54, 1.807) is 12.1 Å². The Morgan fingerprint density at radius 1 is 1.18 bits per heavy atom. The SMILES string of the molecule is Cc1cccc(C2=NN3C(=N)/C(=C\c4ccn(CCOc5ccccc5Cl)c4)C(=O)N=C3S2)c1. The van der Waals surface area contributed by atoms with Gasteiger partial charge in [0.1, 0.15) is 17.4 Å². The fourth-order valence-corrected chi connectivity index (χ4v) is 4.64. The molecule has 0 fully saturated rings. The zero-order chi connectivity index (χ0) is 23.7. The van der Waals surface area contributed by atoms with Crippen LogP contribution in [0.2, 0.25) is 5.02 Å². The van der Waals surface area contributed by atoms with Crippen LogP contribution in [0.3, 0.4) is 0 Å². The third-order valence-electron chi connectivity index (χ3n) is 5.25. The Bertz CT molecular complexity index is 1390. The predicted octanol–water partition coefficient (Wildman–Crippen LogP) is 5.20.